The van der Waals surface area contributed by atoms with Crippen molar-refractivity contribution in [3.63, 3.8) is 0 Å². The lowest BCUT2D eigenvalue weighted by Gasteiger charge is -2.22. The van der Waals surface area contributed by atoms with Crippen LogP contribution in [0, 0.1) is 0 Å². The van der Waals surface area contributed by atoms with Crippen molar-refractivity contribution in [3.8, 4) is 5.75 Å². The van der Waals surface area contributed by atoms with Crippen LogP contribution in [0.4, 0.5) is 5.69 Å². The third-order valence-electron chi connectivity index (χ3n) is 4.16. The molecule has 0 saturated carbocycles. The van der Waals surface area contributed by atoms with Crippen molar-refractivity contribution in [2.24, 2.45) is 0 Å². The van der Waals surface area contributed by atoms with Crippen molar-refractivity contribution in [1.82, 2.24) is 4.72 Å². The second-order valence-electron chi connectivity index (χ2n) is 6.07. The lowest BCUT2D eigenvalue weighted by molar-refractivity contribution is 0.279. The number of aliphatic hydroxyl groups is 1. The number of ether oxygens (including phenoxy) is 1. The number of likely N-dealkylation sites (N-methyl/N-ethyl adjacent to an activating group) is 1. The average molecular weight is 362 g/mol. The van der Waals surface area contributed by atoms with Crippen molar-refractivity contribution in [1.29, 1.82) is 0 Å². The van der Waals surface area contributed by atoms with E-state index in [1.807, 2.05) is 30.3 Å². The standard InChI is InChI=1S/C18H22N2O4S/c1-20(10-11-21)16-8-5-9-17-18(16)25(22,23)19-15(13-24-17)12-14-6-3-2-4-7-14/h2-9,15,19,21H,10-13H2,1H3/t15-/m1/s1. The molecular weight excluding hydrogens is 340 g/mol. The Hall–Kier alpha value is -2.09. The first-order valence-corrected chi connectivity index (χ1v) is 9.63. The minimum Gasteiger partial charge on any atom is -0.490 e. The Morgan fingerprint density at radius 2 is 1.96 bits per heavy atom. The second kappa shape index (κ2) is 7.43. The Labute approximate surface area is 148 Å². The van der Waals surface area contributed by atoms with Gasteiger partial charge in [0.2, 0.25) is 10.0 Å². The molecule has 7 heteroatoms. The molecule has 0 saturated heterocycles. The third kappa shape index (κ3) is 3.95. The van der Waals surface area contributed by atoms with Gasteiger partial charge in [0.1, 0.15) is 17.3 Å². The van der Waals surface area contributed by atoms with Gasteiger partial charge in [-0.05, 0) is 24.1 Å². The third-order valence-corrected chi connectivity index (χ3v) is 5.75. The first-order chi connectivity index (χ1) is 12.0. The number of anilines is 1. The maximum atomic E-state index is 12.9. The van der Waals surface area contributed by atoms with Crippen LogP contribution in [0.3, 0.4) is 0 Å². The highest BCUT2D eigenvalue weighted by Crippen LogP contribution is 2.35. The number of nitrogens with zero attached hydrogens (tertiary/aromatic N) is 1. The predicted molar refractivity (Wildman–Crippen MR) is 96.5 cm³/mol. The van der Waals surface area contributed by atoms with Gasteiger partial charge < -0.3 is 14.7 Å². The largest absolute Gasteiger partial charge is 0.490 e. The molecule has 0 amide bonds. The lowest BCUT2D eigenvalue weighted by atomic mass is 10.1. The van der Waals surface area contributed by atoms with Crippen LogP contribution in [0.5, 0.6) is 5.75 Å². The molecule has 0 unspecified atom stereocenters. The maximum Gasteiger partial charge on any atom is 0.246 e. The lowest BCUT2D eigenvalue weighted by Crippen LogP contribution is -2.38. The van der Waals surface area contributed by atoms with Gasteiger partial charge in [-0.1, -0.05) is 36.4 Å². The van der Waals surface area contributed by atoms with E-state index in [0.29, 0.717) is 24.4 Å². The van der Waals surface area contributed by atoms with Crippen LogP contribution in [0.15, 0.2) is 53.4 Å². The monoisotopic (exact) mass is 362 g/mol. The minimum absolute atomic E-state index is 0.0644. The summed E-state index contributed by atoms with van der Waals surface area (Å²) < 4.78 is 34.4. The molecule has 0 aromatic heterocycles. The SMILES string of the molecule is CN(CCO)c1cccc2c1S(=O)(=O)N[C@H](Cc1ccccc1)CO2. The normalized spacial score (nSPS) is 18.7. The molecule has 2 aromatic rings. The Balaban J connectivity index is 1.92. The number of hydrogen-bond donors (Lipinski definition) is 2. The van der Waals surface area contributed by atoms with Gasteiger partial charge in [-0.3, -0.25) is 0 Å². The van der Waals surface area contributed by atoms with Gasteiger partial charge in [-0.25, -0.2) is 13.1 Å². The number of benzene rings is 2. The molecule has 2 aromatic carbocycles. The van der Waals surface area contributed by atoms with E-state index in [2.05, 4.69) is 4.72 Å². The molecule has 1 aliphatic rings. The van der Waals surface area contributed by atoms with Crippen molar-refractivity contribution in [2.75, 3.05) is 31.7 Å². The summed E-state index contributed by atoms with van der Waals surface area (Å²) in [6.07, 6.45) is 0.551. The number of aliphatic hydroxyl groups excluding tert-OH is 1. The molecule has 0 spiro atoms. The summed E-state index contributed by atoms with van der Waals surface area (Å²) in [7, 11) is -2.00. The van der Waals surface area contributed by atoms with E-state index in [1.54, 1.807) is 30.1 Å². The highest BCUT2D eigenvalue weighted by molar-refractivity contribution is 7.89. The molecule has 0 fully saturated rings. The Morgan fingerprint density at radius 1 is 1.20 bits per heavy atom. The van der Waals surface area contributed by atoms with E-state index in [1.165, 1.54) is 0 Å². The summed E-state index contributed by atoms with van der Waals surface area (Å²) in [6, 6.07) is 14.5. The van der Waals surface area contributed by atoms with Gasteiger partial charge in [-0.15, -0.1) is 0 Å². The van der Waals surface area contributed by atoms with Crippen molar-refractivity contribution >= 4 is 15.7 Å². The van der Waals surface area contributed by atoms with E-state index < -0.39 is 10.0 Å². The molecule has 134 valence electrons. The van der Waals surface area contributed by atoms with Crippen LogP contribution in [0.25, 0.3) is 0 Å². The summed E-state index contributed by atoms with van der Waals surface area (Å²) in [4.78, 5) is 1.83. The van der Waals surface area contributed by atoms with Gasteiger partial charge in [0.05, 0.1) is 18.3 Å². The first-order valence-electron chi connectivity index (χ1n) is 8.15. The van der Waals surface area contributed by atoms with Gasteiger partial charge >= 0.3 is 0 Å². The van der Waals surface area contributed by atoms with Gasteiger partial charge in [0.25, 0.3) is 0 Å². The Kier molecular flexibility index (Phi) is 5.27. The fraction of sp³-hybridized carbons (Fsp3) is 0.333. The van der Waals surface area contributed by atoms with Crippen LogP contribution in [0.1, 0.15) is 5.56 Å². The Bertz CT molecular complexity index is 824. The fourth-order valence-electron chi connectivity index (χ4n) is 2.96. The highest BCUT2D eigenvalue weighted by Gasteiger charge is 2.31. The van der Waals surface area contributed by atoms with E-state index in [4.69, 9.17) is 9.84 Å². The molecule has 0 radical (unpaired) electrons. The molecular formula is C18H22N2O4S. The van der Waals surface area contributed by atoms with Crippen LogP contribution in [-0.2, 0) is 16.4 Å². The molecule has 1 aliphatic heterocycles. The summed E-state index contributed by atoms with van der Waals surface area (Å²) in [6.45, 7) is 0.527. The molecule has 2 N–H and O–H groups in total. The zero-order valence-corrected chi connectivity index (χ0v) is 14.9. The molecule has 0 aliphatic carbocycles. The quantitative estimate of drug-likeness (QED) is 0.841. The topological polar surface area (TPSA) is 78.9 Å². The fourth-order valence-corrected chi connectivity index (χ4v) is 4.56. The molecule has 25 heavy (non-hydrogen) atoms. The zero-order valence-electron chi connectivity index (χ0n) is 14.1. The number of hydrogen-bond acceptors (Lipinski definition) is 5. The first kappa shape index (κ1) is 17.7. The number of sulfonamides is 1. The van der Waals surface area contributed by atoms with E-state index >= 15 is 0 Å². The van der Waals surface area contributed by atoms with E-state index in [-0.39, 0.29) is 24.2 Å². The van der Waals surface area contributed by atoms with Crippen LogP contribution < -0.4 is 14.4 Å². The number of fused-ring (bicyclic) bond motifs is 1. The van der Waals surface area contributed by atoms with E-state index in [0.717, 1.165) is 5.56 Å². The van der Waals surface area contributed by atoms with Crippen molar-refractivity contribution in [3.05, 3.63) is 54.1 Å². The summed E-state index contributed by atoms with van der Waals surface area (Å²) in [5, 5.41) is 9.16. The highest BCUT2D eigenvalue weighted by atomic mass is 32.2. The summed E-state index contributed by atoms with van der Waals surface area (Å²) in [5.41, 5.74) is 1.56. The smallest absolute Gasteiger partial charge is 0.246 e. The van der Waals surface area contributed by atoms with Gasteiger partial charge in [-0.2, -0.15) is 0 Å². The summed E-state index contributed by atoms with van der Waals surface area (Å²) in [5.74, 6) is 0.338. The van der Waals surface area contributed by atoms with Gasteiger partial charge in [0.15, 0.2) is 0 Å². The summed E-state index contributed by atoms with van der Waals surface area (Å²) >= 11 is 0. The predicted octanol–water partition coefficient (Wildman–Crippen LogP) is 1.40. The average Bonchev–Trinajstić information content (AvgIpc) is 2.72. The van der Waals surface area contributed by atoms with Crippen molar-refractivity contribution < 1.29 is 18.3 Å². The van der Waals surface area contributed by atoms with Gasteiger partial charge in [0, 0.05) is 13.6 Å². The number of nitrogens with one attached hydrogen (secondary N) is 1. The Morgan fingerprint density at radius 3 is 2.68 bits per heavy atom. The number of rotatable bonds is 5. The molecule has 0 bridgehead atoms. The van der Waals surface area contributed by atoms with Crippen LogP contribution >= 0.6 is 0 Å². The second-order valence-corrected chi connectivity index (χ2v) is 7.72. The zero-order chi connectivity index (χ0) is 17.9. The van der Waals surface area contributed by atoms with Crippen LogP contribution in [-0.4, -0.2) is 46.4 Å². The maximum absolute atomic E-state index is 12.9. The molecule has 1 atom stereocenters. The van der Waals surface area contributed by atoms with Crippen molar-refractivity contribution in [2.45, 2.75) is 17.4 Å². The van der Waals surface area contributed by atoms with E-state index in [9.17, 15) is 8.42 Å². The molecule has 1 heterocycles. The minimum atomic E-state index is -3.74. The molecule has 6 nitrogen and oxygen atoms in total. The van der Waals surface area contributed by atoms with Crippen LogP contribution in [0.2, 0.25) is 0 Å². The molecule has 3 rings (SSSR count).